The zero-order chi connectivity index (χ0) is 19.2. The predicted octanol–water partition coefficient (Wildman–Crippen LogP) is 4.94. The van der Waals surface area contributed by atoms with Crippen LogP contribution in [0.4, 0.5) is 0 Å². The maximum absolute atomic E-state index is 12.5. The van der Waals surface area contributed by atoms with Crippen LogP contribution in [0.1, 0.15) is 20.8 Å². The van der Waals surface area contributed by atoms with Gasteiger partial charge < -0.3 is 5.32 Å². The number of rotatable bonds is 3. The lowest BCUT2D eigenvalue weighted by atomic mass is 10.1. The molecule has 0 fully saturated rings. The van der Waals surface area contributed by atoms with Crippen molar-refractivity contribution in [3.8, 4) is 10.4 Å². The SMILES string of the molecule is O=C(NCc1cccc(Cl)c1)c1cc2c(s1)-c1ccc(Cl)cc1S(=O)(=O)C2. The third kappa shape index (κ3) is 3.62. The van der Waals surface area contributed by atoms with E-state index < -0.39 is 9.84 Å². The molecule has 0 saturated carbocycles. The van der Waals surface area contributed by atoms with E-state index in [9.17, 15) is 13.2 Å². The van der Waals surface area contributed by atoms with E-state index in [0.29, 0.717) is 32.6 Å². The molecule has 2 aromatic carbocycles. The molecule has 27 heavy (non-hydrogen) atoms. The van der Waals surface area contributed by atoms with Crippen LogP contribution in [-0.2, 0) is 22.1 Å². The number of nitrogens with one attached hydrogen (secondary N) is 1. The second-order valence-corrected chi connectivity index (χ2v) is 10.1. The summed E-state index contributed by atoms with van der Waals surface area (Å²) >= 11 is 13.2. The Bertz CT molecular complexity index is 1170. The largest absolute Gasteiger partial charge is 0.347 e. The van der Waals surface area contributed by atoms with Gasteiger partial charge in [-0.3, -0.25) is 4.79 Å². The van der Waals surface area contributed by atoms with Crippen LogP contribution in [0, 0.1) is 0 Å². The van der Waals surface area contributed by atoms with E-state index >= 15 is 0 Å². The van der Waals surface area contributed by atoms with Crippen molar-refractivity contribution < 1.29 is 13.2 Å². The topological polar surface area (TPSA) is 63.2 Å². The van der Waals surface area contributed by atoms with E-state index in [1.54, 1.807) is 30.3 Å². The van der Waals surface area contributed by atoms with Crippen molar-refractivity contribution in [3.05, 3.63) is 74.6 Å². The van der Waals surface area contributed by atoms with Gasteiger partial charge in [-0.05, 0) is 41.5 Å². The van der Waals surface area contributed by atoms with Gasteiger partial charge >= 0.3 is 0 Å². The number of hydrogen-bond acceptors (Lipinski definition) is 4. The number of amides is 1. The number of fused-ring (bicyclic) bond motifs is 3. The lowest BCUT2D eigenvalue weighted by Gasteiger charge is -2.16. The quantitative estimate of drug-likeness (QED) is 0.630. The molecule has 1 N–H and O–H groups in total. The molecular weight excluding hydrogens is 425 g/mol. The van der Waals surface area contributed by atoms with Crippen molar-refractivity contribution in [3.63, 3.8) is 0 Å². The second-order valence-electron chi connectivity index (χ2n) is 6.18. The van der Waals surface area contributed by atoms with E-state index in [4.69, 9.17) is 23.2 Å². The summed E-state index contributed by atoms with van der Waals surface area (Å²) < 4.78 is 25.1. The fourth-order valence-corrected chi connectivity index (χ4v) is 6.36. The molecular formula is C19H13Cl2NO3S2. The Morgan fingerprint density at radius 2 is 1.85 bits per heavy atom. The molecule has 0 radical (unpaired) electrons. The molecule has 1 aromatic heterocycles. The molecule has 2 heterocycles. The highest BCUT2D eigenvalue weighted by Gasteiger charge is 2.31. The monoisotopic (exact) mass is 437 g/mol. The summed E-state index contributed by atoms with van der Waals surface area (Å²) in [7, 11) is -3.47. The Kier molecular flexibility index (Phi) is 4.76. The minimum absolute atomic E-state index is 0.131. The van der Waals surface area contributed by atoms with Crippen LogP contribution >= 0.6 is 34.5 Å². The van der Waals surface area contributed by atoms with E-state index in [1.165, 1.54) is 17.4 Å². The van der Waals surface area contributed by atoms with Crippen molar-refractivity contribution >= 4 is 50.3 Å². The van der Waals surface area contributed by atoms with Crippen molar-refractivity contribution in [1.29, 1.82) is 0 Å². The molecule has 0 spiro atoms. The average Bonchev–Trinajstić information content (AvgIpc) is 3.03. The number of thiophene rings is 1. The van der Waals surface area contributed by atoms with Gasteiger partial charge in [-0.1, -0.05) is 41.4 Å². The van der Waals surface area contributed by atoms with E-state index in [-0.39, 0.29) is 16.6 Å². The maximum Gasteiger partial charge on any atom is 0.261 e. The molecule has 1 amide bonds. The Labute approximate surface area is 170 Å². The van der Waals surface area contributed by atoms with E-state index in [2.05, 4.69) is 5.32 Å². The number of carbonyl (C=O) groups is 1. The molecule has 0 bridgehead atoms. The maximum atomic E-state index is 12.5. The Balaban J connectivity index is 1.63. The summed E-state index contributed by atoms with van der Waals surface area (Å²) in [5.41, 5.74) is 2.13. The normalized spacial score (nSPS) is 14.3. The lowest BCUT2D eigenvalue weighted by Crippen LogP contribution is -2.21. The van der Waals surface area contributed by atoms with Crippen molar-refractivity contribution in [1.82, 2.24) is 5.32 Å². The number of benzene rings is 2. The Morgan fingerprint density at radius 3 is 2.63 bits per heavy atom. The highest BCUT2D eigenvalue weighted by molar-refractivity contribution is 7.91. The van der Waals surface area contributed by atoms with Crippen LogP contribution in [0.25, 0.3) is 10.4 Å². The minimum Gasteiger partial charge on any atom is -0.347 e. The highest BCUT2D eigenvalue weighted by atomic mass is 35.5. The molecule has 0 unspecified atom stereocenters. The van der Waals surface area contributed by atoms with Gasteiger partial charge in [0.25, 0.3) is 5.91 Å². The second kappa shape index (κ2) is 6.95. The Hall–Kier alpha value is -1.86. The molecule has 4 rings (SSSR count). The molecule has 1 aliphatic rings. The smallest absolute Gasteiger partial charge is 0.261 e. The van der Waals surface area contributed by atoms with Gasteiger partial charge in [-0.25, -0.2) is 8.42 Å². The van der Waals surface area contributed by atoms with Gasteiger partial charge in [0, 0.05) is 27.0 Å². The first-order chi connectivity index (χ1) is 12.8. The summed E-state index contributed by atoms with van der Waals surface area (Å²) in [5, 5.41) is 3.83. The molecule has 0 atom stereocenters. The van der Waals surface area contributed by atoms with Crippen LogP contribution in [-0.4, -0.2) is 14.3 Å². The molecule has 3 aromatic rings. The summed E-state index contributed by atoms with van der Waals surface area (Å²) in [4.78, 5) is 14.0. The predicted molar refractivity (Wildman–Crippen MR) is 108 cm³/mol. The number of sulfone groups is 1. The Morgan fingerprint density at radius 1 is 1.07 bits per heavy atom. The van der Waals surface area contributed by atoms with E-state index in [1.807, 2.05) is 12.1 Å². The van der Waals surface area contributed by atoms with Crippen molar-refractivity contribution in [2.24, 2.45) is 0 Å². The summed E-state index contributed by atoms with van der Waals surface area (Å²) in [5.74, 6) is -0.379. The van der Waals surface area contributed by atoms with Crippen molar-refractivity contribution in [2.45, 2.75) is 17.2 Å². The van der Waals surface area contributed by atoms with Gasteiger partial charge in [-0.15, -0.1) is 11.3 Å². The molecule has 1 aliphatic heterocycles. The first-order valence-electron chi connectivity index (χ1n) is 8.01. The zero-order valence-corrected chi connectivity index (χ0v) is 17.0. The molecule has 4 nitrogen and oxygen atoms in total. The van der Waals surface area contributed by atoms with E-state index in [0.717, 1.165) is 10.4 Å². The third-order valence-electron chi connectivity index (χ3n) is 4.24. The fraction of sp³-hybridized carbons (Fsp3) is 0.105. The van der Waals surface area contributed by atoms with Crippen LogP contribution in [0.2, 0.25) is 10.0 Å². The van der Waals surface area contributed by atoms with Gasteiger partial charge in [0.2, 0.25) is 0 Å². The van der Waals surface area contributed by atoms with Crippen LogP contribution < -0.4 is 5.32 Å². The lowest BCUT2D eigenvalue weighted by molar-refractivity contribution is 0.0955. The molecule has 0 aliphatic carbocycles. The van der Waals surface area contributed by atoms with Crippen LogP contribution in [0.3, 0.4) is 0 Å². The van der Waals surface area contributed by atoms with Gasteiger partial charge in [-0.2, -0.15) is 0 Å². The summed E-state index contributed by atoms with van der Waals surface area (Å²) in [6.45, 7) is 0.340. The molecule has 8 heteroatoms. The van der Waals surface area contributed by atoms with Gasteiger partial charge in [0.05, 0.1) is 15.5 Å². The third-order valence-corrected chi connectivity index (χ3v) is 7.62. The first kappa shape index (κ1) is 18.5. The molecule has 138 valence electrons. The minimum atomic E-state index is -3.47. The molecule has 0 saturated heterocycles. The highest BCUT2D eigenvalue weighted by Crippen LogP contribution is 2.43. The number of halogens is 2. The zero-order valence-electron chi connectivity index (χ0n) is 13.8. The van der Waals surface area contributed by atoms with Crippen molar-refractivity contribution in [2.75, 3.05) is 0 Å². The number of hydrogen-bond donors (Lipinski definition) is 1. The van der Waals surface area contributed by atoms with Gasteiger partial charge in [0.15, 0.2) is 9.84 Å². The van der Waals surface area contributed by atoms with Gasteiger partial charge in [0.1, 0.15) is 0 Å². The first-order valence-corrected chi connectivity index (χ1v) is 11.2. The number of carbonyl (C=O) groups excluding carboxylic acids is 1. The summed E-state index contributed by atoms with van der Waals surface area (Å²) in [6, 6.07) is 13.7. The van der Waals surface area contributed by atoms with Crippen LogP contribution in [0.5, 0.6) is 0 Å². The average molecular weight is 438 g/mol. The summed E-state index contributed by atoms with van der Waals surface area (Å²) in [6.07, 6.45) is 0. The standard InChI is InChI=1S/C19H13Cl2NO3S2/c20-13-3-1-2-11(6-13)9-22-19(23)16-7-12-10-27(24,25)17-8-14(21)4-5-15(17)18(12)26-16/h1-8H,9-10H2,(H,22,23). The van der Waals surface area contributed by atoms with Crippen LogP contribution in [0.15, 0.2) is 53.4 Å². The fourth-order valence-electron chi connectivity index (χ4n) is 3.02.